The van der Waals surface area contributed by atoms with Gasteiger partial charge in [-0.05, 0) is 36.0 Å². The molecule has 0 bridgehead atoms. The zero-order valence-corrected chi connectivity index (χ0v) is 12.0. The van der Waals surface area contributed by atoms with Crippen LogP contribution in [0.1, 0.15) is 37.6 Å². The number of anilines is 1. The Labute approximate surface area is 114 Å². The predicted molar refractivity (Wildman–Crippen MR) is 76.6 cm³/mol. The third-order valence-corrected chi connectivity index (χ3v) is 4.22. The van der Waals surface area contributed by atoms with Gasteiger partial charge in [0, 0.05) is 24.3 Å². The molecule has 1 unspecified atom stereocenters. The van der Waals surface area contributed by atoms with Gasteiger partial charge in [-0.25, -0.2) is 0 Å². The van der Waals surface area contributed by atoms with E-state index < -0.39 is 0 Å². The molecule has 98 valence electrons. The van der Waals surface area contributed by atoms with E-state index in [4.69, 9.17) is 11.6 Å². The number of carbonyl (C=O) groups is 1. The van der Waals surface area contributed by atoms with Crippen LogP contribution in [0.5, 0.6) is 0 Å². The molecule has 2 nitrogen and oxygen atoms in total. The van der Waals surface area contributed by atoms with Crippen LogP contribution in [0.3, 0.4) is 0 Å². The highest BCUT2D eigenvalue weighted by molar-refractivity contribution is 6.33. The highest BCUT2D eigenvalue weighted by atomic mass is 35.5. The van der Waals surface area contributed by atoms with Crippen LogP contribution in [0.25, 0.3) is 0 Å². The smallest absolute Gasteiger partial charge is 0.151 e. The highest BCUT2D eigenvalue weighted by Gasteiger charge is 2.31. The SMILES string of the molecule is CC(C)(C)C1CCN(c2ccc(C=O)c(Cl)c2)C1. The van der Waals surface area contributed by atoms with Crippen LogP contribution in [0, 0.1) is 11.3 Å². The summed E-state index contributed by atoms with van der Waals surface area (Å²) in [5, 5.41) is 0.543. The molecule has 1 aromatic rings. The monoisotopic (exact) mass is 265 g/mol. The van der Waals surface area contributed by atoms with Gasteiger partial charge in [-0.2, -0.15) is 0 Å². The lowest BCUT2D eigenvalue weighted by Gasteiger charge is -2.27. The number of halogens is 1. The first-order chi connectivity index (χ1) is 8.41. The lowest BCUT2D eigenvalue weighted by Crippen LogP contribution is -2.25. The molecular formula is C15H20ClNO. The van der Waals surface area contributed by atoms with Gasteiger partial charge >= 0.3 is 0 Å². The zero-order chi connectivity index (χ0) is 13.3. The number of rotatable bonds is 2. The third-order valence-electron chi connectivity index (χ3n) is 3.89. The number of aldehydes is 1. The molecule has 3 heteroatoms. The second-order valence-corrected chi connectivity index (χ2v) is 6.53. The molecule has 0 aromatic heterocycles. The normalized spacial score (nSPS) is 20.2. The first kappa shape index (κ1) is 13.4. The zero-order valence-electron chi connectivity index (χ0n) is 11.2. The Balaban J connectivity index is 2.15. The molecule has 0 N–H and O–H groups in total. The van der Waals surface area contributed by atoms with Crippen LogP contribution in [0.2, 0.25) is 5.02 Å². The minimum atomic E-state index is 0.348. The van der Waals surface area contributed by atoms with E-state index in [1.54, 1.807) is 6.07 Å². The predicted octanol–water partition coefficient (Wildman–Crippen LogP) is 4.02. The summed E-state index contributed by atoms with van der Waals surface area (Å²) in [5.41, 5.74) is 2.03. The Morgan fingerprint density at radius 3 is 2.61 bits per heavy atom. The quantitative estimate of drug-likeness (QED) is 0.753. The summed E-state index contributed by atoms with van der Waals surface area (Å²) in [4.78, 5) is 13.1. The van der Waals surface area contributed by atoms with Crippen molar-refractivity contribution in [1.82, 2.24) is 0 Å². The topological polar surface area (TPSA) is 20.3 Å². The van der Waals surface area contributed by atoms with Crippen molar-refractivity contribution in [1.29, 1.82) is 0 Å². The van der Waals surface area contributed by atoms with E-state index in [1.165, 1.54) is 6.42 Å². The van der Waals surface area contributed by atoms with Crippen LogP contribution < -0.4 is 4.90 Å². The molecule has 1 saturated heterocycles. The van der Waals surface area contributed by atoms with E-state index in [0.29, 0.717) is 21.9 Å². The second-order valence-electron chi connectivity index (χ2n) is 6.12. The Hall–Kier alpha value is -1.02. The molecular weight excluding hydrogens is 246 g/mol. The maximum absolute atomic E-state index is 10.7. The van der Waals surface area contributed by atoms with Crippen molar-refractivity contribution in [3.8, 4) is 0 Å². The third kappa shape index (κ3) is 2.69. The van der Waals surface area contributed by atoms with E-state index in [0.717, 1.165) is 25.1 Å². The number of benzene rings is 1. The Kier molecular flexibility index (Phi) is 3.67. The molecule has 0 spiro atoms. The van der Waals surface area contributed by atoms with Crippen molar-refractivity contribution in [2.75, 3.05) is 18.0 Å². The van der Waals surface area contributed by atoms with Gasteiger partial charge in [0.1, 0.15) is 0 Å². The van der Waals surface area contributed by atoms with Crippen molar-refractivity contribution in [2.24, 2.45) is 11.3 Å². The maximum atomic E-state index is 10.7. The minimum Gasteiger partial charge on any atom is -0.371 e. The van der Waals surface area contributed by atoms with Crippen LogP contribution >= 0.6 is 11.6 Å². The molecule has 0 aliphatic carbocycles. The lowest BCUT2D eigenvalue weighted by molar-refractivity contribution is 0.112. The summed E-state index contributed by atoms with van der Waals surface area (Å²) < 4.78 is 0. The average Bonchev–Trinajstić information content (AvgIpc) is 2.77. The van der Waals surface area contributed by atoms with E-state index in [9.17, 15) is 4.79 Å². The maximum Gasteiger partial charge on any atom is 0.151 e. The lowest BCUT2D eigenvalue weighted by atomic mass is 9.80. The summed E-state index contributed by atoms with van der Waals surface area (Å²) >= 11 is 6.08. The van der Waals surface area contributed by atoms with Gasteiger partial charge in [0.25, 0.3) is 0 Å². The number of hydrogen-bond donors (Lipinski definition) is 0. The molecule has 1 atom stereocenters. The molecule has 1 aliphatic rings. The number of carbonyl (C=O) groups excluding carboxylic acids is 1. The van der Waals surface area contributed by atoms with Gasteiger partial charge in [0.2, 0.25) is 0 Å². The fourth-order valence-electron chi connectivity index (χ4n) is 2.51. The Morgan fingerprint density at radius 1 is 1.39 bits per heavy atom. The standard InChI is InChI=1S/C15H20ClNO/c1-15(2,3)12-6-7-17(9-12)13-5-4-11(10-18)14(16)8-13/h4-5,8,10,12H,6-7,9H2,1-3H3. The molecule has 1 aromatic carbocycles. The summed E-state index contributed by atoms with van der Waals surface area (Å²) in [7, 11) is 0. The van der Waals surface area contributed by atoms with E-state index >= 15 is 0 Å². The largest absolute Gasteiger partial charge is 0.371 e. The van der Waals surface area contributed by atoms with E-state index in [1.807, 2.05) is 12.1 Å². The highest BCUT2D eigenvalue weighted by Crippen LogP contribution is 2.36. The van der Waals surface area contributed by atoms with E-state index in [-0.39, 0.29) is 0 Å². The molecule has 18 heavy (non-hydrogen) atoms. The fraction of sp³-hybridized carbons (Fsp3) is 0.533. The molecule has 0 saturated carbocycles. The van der Waals surface area contributed by atoms with Gasteiger partial charge in [-0.15, -0.1) is 0 Å². The first-order valence-corrected chi connectivity index (χ1v) is 6.79. The second kappa shape index (κ2) is 4.93. The van der Waals surface area contributed by atoms with Gasteiger partial charge in [0.05, 0.1) is 5.02 Å². The summed E-state index contributed by atoms with van der Waals surface area (Å²) in [6.45, 7) is 9.02. The minimum absolute atomic E-state index is 0.348. The molecule has 1 fully saturated rings. The average molecular weight is 266 g/mol. The molecule has 2 rings (SSSR count). The van der Waals surface area contributed by atoms with Crippen LogP contribution in [0.15, 0.2) is 18.2 Å². The first-order valence-electron chi connectivity index (χ1n) is 6.41. The van der Waals surface area contributed by atoms with Crippen LogP contribution in [-0.2, 0) is 0 Å². The van der Waals surface area contributed by atoms with Gasteiger partial charge in [0.15, 0.2) is 6.29 Å². The van der Waals surface area contributed by atoms with Crippen molar-refractivity contribution >= 4 is 23.6 Å². The van der Waals surface area contributed by atoms with Gasteiger partial charge in [-0.1, -0.05) is 32.4 Å². The summed E-state index contributed by atoms with van der Waals surface area (Å²) in [6, 6.07) is 5.69. The van der Waals surface area contributed by atoms with Crippen molar-refractivity contribution in [3.05, 3.63) is 28.8 Å². The summed E-state index contributed by atoms with van der Waals surface area (Å²) in [5.74, 6) is 0.710. The van der Waals surface area contributed by atoms with Crippen molar-refractivity contribution in [3.63, 3.8) is 0 Å². The fourth-order valence-corrected chi connectivity index (χ4v) is 2.73. The molecule has 0 amide bonds. The molecule has 1 heterocycles. The van der Waals surface area contributed by atoms with Crippen molar-refractivity contribution < 1.29 is 4.79 Å². The summed E-state index contributed by atoms with van der Waals surface area (Å²) in [6.07, 6.45) is 2.02. The molecule has 1 aliphatic heterocycles. The van der Waals surface area contributed by atoms with Gasteiger partial charge < -0.3 is 4.90 Å². The van der Waals surface area contributed by atoms with Crippen molar-refractivity contribution in [2.45, 2.75) is 27.2 Å². The Morgan fingerprint density at radius 2 is 2.11 bits per heavy atom. The van der Waals surface area contributed by atoms with E-state index in [2.05, 4.69) is 25.7 Å². The van der Waals surface area contributed by atoms with Crippen LogP contribution in [-0.4, -0.2) is 19.4 Å². The Bertz CT molecular complexity index is 450. The molecule has 0 radical (unpaired) electrons. The number of nitrogens with zero attached hydrogens (tertiary/aromatic N) is 1. The van der Waals surface area contributed by atoms with Crippen LogP contribution in [0.4, 0.5) is 5.69 Å². The van der Waals surface area contributed by atoms with Gasteiger partial charge in [-0.3, -0.25) is 4.79 Å². The number of hydrogen-bond acceptors (Lipinski definition) is 2.